The van der Waals surface area contributed by atoms with Gasteiger partial charge in [-0.1, -0.05) is 0 Å². The van der Waals surface area contributed by atoms with E-state index in [1.54, 1.807) is 11.3 Å². The number of aliphatic carboxylic acids is 1. The van der Waals surface area contributed by atoms with Crippen molar-refractivity contribution in [3.63, 3.8) is 0 Å². The number of hydrogen-bond acceptors (Lipinski definition) is 3. The van der Waals surface area contributed by atoms with E-state index in [-0.39, 0.29) is 11.8 Å². The zero-order valence-corrected chi connectivity index (χ0v) is 9.77. The fourth-order valence-electron chi connectivity index (χ4n) is 1.81. The van der Waals surface area contributed by atoms with Crippen molar-refractivity contribution in [3.8, 4) is 0 Å². The van der Waals surface area contributed by atoms with Gasteiger partial charge in [0.2, 0.25) is 0 Å². The van der Waals surface area contributed by atoms with Crippen molar-refractivity contribution in [1.82, 2.24) is 5.32 Å². The summed E-state index contributed by atoms with van der Waals surface area (Å²) in [6.45, 7) is 1.34. The van der Waals surface area contributed by atoms with E-state index in [4.69, 9.17) is 5.11 Å². The molecule has 14 heavy (non-hydrogen) atoms. The Kier molecular flexibility index (Phi) is 2.90. The molecule has 2 N–H and O–H groups in total. The predicted molar refractivity (Wildman–Crippen MR) is 58.8 cm³/mol. The van der Waals surface area contributed by atoms with Crippen LogP contribution in [0.15, 0.2) is 15.2 Å². The topological polar surface area (TPSA) is 49.3 Å². The molecule has 0 amide bonds. The minimum Gasteiger partial charge on any atom is -0.481 e. The van der Waals surface area contributed by atoms with Crippen LogP contribution in [0.5, 0.6) is 0 Å². The van der Waals surface area contributed by atoms with Crippen LogP contribution in [-0.2, 0) is 4.79 Å². The summed E-state index contributed by atoms with van der Waals surface area (Å²) in [5, 5.41) is 14.1. The fraction of sp³-hybridized carbons (Fsp3) is 0.444. The summed E-state index contributed by atoms with van der Waals surface area (Å²) in [5.41, 5.74) is 1.12. The van der Waals surface area contributed by atoms with E-state index in [2.05, 4.69) is 21.2 Å². The lowest BCUT2D eigenvalue weighted by atomic mass is 9.91. The van der Waals surface area contributed by atoms with Gasteiger partial charge in [-0.05, 0) is 32.9 Å². The molecule has 1 aliphatic heterocycles. The quantitative estimate of drug-likeness (QED) is 0.867. The molecule has 2 atom stereocenters. The maximum absolute atomic E-state index is 10.9. The van der Waals surface area contributed by atoms with E-state index in [0.29, 0.717) is 6.54 Å². The number of hydrogen-bond donors (Lipinski definition) is 2. The van der Waals surface area contributed by atoms with Crippen LogP contribution in [0.2, 0.25) is 0 Å². The highest BCUT2D eigenvalue weighted by Crippen LogP contribution is 2.33. The molecule has 2 heterocycles. The summed E-state index contributed by atoms with van der Waals surface area (Å²) >= 11 is 4.99. The van der Waals surface area contributed by atoms with Gasteiger partial charge < -0.3 is 10.4 Å². The molecule has 2 unspecified atom stereocenters. The van der Waals surface area contributed by atoms with Crippen LogP contribution in [0, 0.1) is 5.92 Å². The van der Waals surface area contributed by atoms with Crippen molar-refractivity contribution in [2.24, 2.45) is 5.92 Å². The Labute approximate surface area is 94.3 Å². The first-order valence-electron chi connectivity index (χ1n) is 4.36. The van der Waals surface area contributed by atoms with E-state index in [1.165, 1.54) is 0 Å². The summed E-state index contributed by atoms with van der Waals surface area (Å²) in [7, 11) is 0. The Balaban J connectivity index is 2.21. The van der Waals surface area contributed by atoms with Crippen LogP contribution in [-0.4, -0.2) is 24.2 Å². The first-order chi connectivity index (χ1) is 6.68. The molecule has 0 spiro atoms. The van der Waals surface area contributed by atoms with Gasteiger partial charge in [0.05, 0.1) is 9.70 Å². The molecule has 0 radical (unpaired) electrons. The van der Waals surface area contributed by atoms with Gasteiger partial charge in [-0.2, -0.15) is 0 Å². The third kappa shape index (κ3) is 1.85. The van der Waals surface area contributed by atoms with Crippen molar-refractivity contribution in [3.05, 3.63) is 20.8 Å². The number of carboxylic acid groups (broad SMARTS) is 1. The average Bonchev–Trinajstić information content (AvgIpc) is 2.70. The number of thiophene rings is 1. The first-order valence-corrected chi connectivity index (χ1v) is 6.03. The van der Waals surface area contributed by atoms with Gasteiger partial charge in [-0.15, -0.1) is 11.3 Å². The Hall–Kier alpha value is -0.390. The van der Waals surface area contributed by atoms with Crippen molar-refractivity contribution in [2.75, 3.05) is 13.1 Å². The van der Waals surface area contributed by atoms with E-state index in [9.17, 15) is 4.79 Å². The maximum Gasteiger partial charge on any atom is 0.308 e. The highest BCUT2D eigenvalue weighted by molar-refractivity contribution is 9.11. The first kappa shape index (κ1) is 10.1. The second-order valence-electron chi connectivity index (χ2n) is 3.39. The molecular weight excluding hydrogens is 266 g/mol. The normalized spacial score (nSPS) is 26.6. The smallest absolute Gasteiger partial charge is 0.308 e. The minimum atomic E-state index is -0.706. The maximum atomic E-state index is 10.9. The van der Waals surface area contributed by atoms with Crippen LogP contribution in [0.3, 0.4) is 0 Å². The number of halogens is 1. The van der Waals surface area contributed by atoms with Crippen LogP contribution in [0.25, 0.3) is 0 Å². The minimum absolute atomic E-state index is 0.120. The third-order valence-electron chi connectivity index (χ3n) is 2.55. The summed E-state index contributed by atoms with van der Waals surface area (Å²) < 4.78 is 1.06. The van der Waals surface area contributed by atoms with Crippen LogP contribution >= 0.6 is 27.3 Å². The van der Waals surface area contributed by atoms with Gasteiger partial charge in [0.1, 0.15) is 0 Å². The Morgan fingerprint density at radius 2 is 2.43 bits per heavy atom. The lowest BCUT2D eigenvalue weighted by Gasteiger charge is -2.12. The van der Waals surface area contributed by atoms with E-state index >= 15 is 0 Å². The molecule has 1 aromatic heterocycles. The average molecular weight is 276 g/mol. The molecule has 1 aromatic rings. The van der Waals surface area contributed by atoms with Crippen molar-refractivity contribution in [1.29, 1.82) is 0 Å². The predicted octanol–water partition coefficient (Wildman–Crippen LogP) is 1.90. The highest BCUT2D eigenvalue weighted by atomic mass is 79.9. The standard InChI is InChI=1S/C9H10BrNO2S/c10-8-1-5(4-14-8)6-2-11-3-7(6)9(12)13/h1,4,6-7,11H,2-3H2,(H,12,13). The molecule has 0 aromatic carbocycles. The Morgan fingerprint density at radius 3 is 3.00 bits per heavy atom. The van der Waals surface area contributed by atoms with Crippen LogP contribution < -0.4 is 5.32 Å². The summed E-state index contributed by atoms with van der Waals surface area (Å²) in [6, 6.07) is 2.01. The molecule has 0 saturated carbocycles. The molecule has 0 aliphatic carbocycles. The number of carboxylic acids is 1. The van der Waals surface area contributed by atoms with E-state index < -0.39 is 5.97 Å². The summed E-state index contributed by atoms with van der Waals surface area (Å²) in [4.78, 5) is 10.9. The summed E-state index contributed by atoms with van der Waals surface area (Å²) in [5.74, 6) is -0.867. The number of nitrogens with one attached hydrogen (secondary N) is 1. The molecule has 76 valence electrons. The second kappa shape index (κ2) is 4.00. The summed E-state index contributed by atoms with van der Waals surface area (Å²) in [6.07, 6.45) is 0. The van der Waals surface area contributed by atoms with E-state index in [0.717, 1.165) is 15.9 Å². The molecule has 1 fully saturated rings. The van der Waals surface area contributed by atoms with Gasteiger partial charge in [0, 0.05) is 19.0 Å². The van der Waals surface area contributed by atoms with Crippen LogP contribution in [0.4, 0.5) is 0 Å². The molecule has 5 heteroatoms. The lowest BCUT2D eigenvalue weighted by Crippen LogP contribution is -2.20. The van der Waals surface area contributed by atoms with Gasteiger partial charge in [0.15, 0.2) is 0 Å². The molecule has 2 rings (SSSR count). The van der Waals surface area contributed by atoms with Crippen molar-refractivity contribution in [2.45, 2.75) is 5.92 Å². The molecule has 1 aliphatic rings. The Bertz CT molecular complexity index is 352. The largest absolute Gasteiger partial charge is 0.481 e. The van der Waals surface area contributed by atoms with Crippen molar-refractivity contribution >= 4 is 33.2 Å². The zero-order valence-electron chi connectivity index (χ0n) is 7.37. The molecule has 0 bridgehead atoms. The third-order valence-corrected chi connectivity index (χ3v) is 4.07. The molecule has 3 nitrogen and oxygen atoms in total. The van der Waals surface area contributed by atoms with Crippen molar-refractivity contribution < 1.29 is 9.90 Å². The number of carbonyl (C=O) groups is 1. The van der Waals surface area contributed by atoms with Crippen LogP contribution in [0.1, 0.15) is 11.5 Å². The number of rotatable bonds is 2. The van der Waals surface area contributed by atoms with Gasteiger partial charge in [-0.25, -0.2) is 0 Å². The zero-order chi connectivity index (χ0) is 10.1. The molecule has 1 saturated heterocycles. The fourth-order valence-corrected chi connectivity index (χ4v) is 3.05. The Morgan fingerprint density at radius 1 is 1.64 bits per heavy atom. The van der Waals surface area contributed by atoms with Gasteiger partial charge >= 0.3 is 5.97 Å². The SMILES string of the molecule is O=C(O)C1CNCC1c1csc(Br)c1. The second-order valence-corrected chi connectivity index (χ2v) is 5.68. The van der Waals surface area contributed by atoms with Gasteiger partial charge in [-0.3, -0.25) is 4.79 Å². The van der Waals surface area contributed by atoms with Gasteiger partial charge in [0.25, 0.3) is 0 Å². The lowest BCUT2D eigenvalue weighted by molar-refractivity contribution is -0.141. The molecular formula is C9H10BrNO2S. The van der Waals surface area contributed by atoms with E-state index in [1.807, 2.05) is 11.4 Å². The highest BCUT2D eigenvalue weighted by Gasteiger charge is 2.34. The monoisotopic (exact) mass is 275 g/mol.